The van der Waals surface area contributed by atoms with Gasteiger partial charge >= 0.3 is 17.9 Å². The molecule has 8 heteroatoms. The predicted molar refractivity (Wildman–Crippen MR) is 56.8 cm³/mol. The summed E-state index contributed by atoms with van der Waals surface area (Å²) in [6, 6.07) is 0. The van der Waals surface area contributed by atoms with Crippen LogP contribution in [0.1, 0.15) is 6.42 Å². The second-order valence-corrected chi connectivity index (χ2v) is 3.05. The fraction of sp³-hybridized carbons (Fsp3) is 0.500. The average Bonchev–Trinajstić information content (AvgIpc) is 2.27. The number of carbonyl (C=O) groups is 3. The third kappa shape index (κ3) is 8.25. The van der Waals surface area contributed by atoms with Crippen LogP contribution in [0.4, 0.5) is 0 Å². The molecule has 0 radical (unpaired) electrons. The smallest absolute Gasteiger partial charge is 0.332 e. The summed E-state index contributed by atoms with van der Waals surface area (Å²) in [7, 11) is 0. The molecule has 0 aliphatic carbocycles. The molecule has 0 saturated heterocycles. The molecule has 0 atom stereocenters. The summed E-state index contributed by atoms with van der Waals surface area (Å²) in [5.41, 5.74) is -0.566. The molecule has 0 rings (SSSR count). The normalized spacial score (nSPS) is 11.1. The van der Waals surface area contributed by atoms with E-state index in [1.54, 1.807) is 0 Å². The molecule has 0 spiro atoms. The maximum atomic E-state index is 11.1. The molecule has 0 aromatic heterocycles. The Bertz CT molecular complexity index is 333. The number of aliphatic hydroxyl groups is 1. The lowest BCUT2D eigenvalue weighted by Crippen LogP contribution is -2.15. The van der Waals surface area contributed by atoms with E-state index in [9.17, 15) is 14.4 Å². The third-order valence-electron chi connectivity index (χ3n) is 1.63. The quantitative estimate of drug-likeness (QED) is 0.274. The minimum atomic E-state index is -1.49. The topological polar surface area (TPSA) is 130 Å². The number of carbonyl (C=O) groups excluding carboxylic acids is 1. The van der Waals surface area contributed by atoms with Gasteiger partial charge in [-0.2, -0.15) is 0 Å². The first kappa shape index (κ1) is 16.1. The largest absolute Gasteiger partial charge is 0.478 e. The van der Waals surface area contributed by atoms with Crippen LogP contribution in [0.15, 0.2) is 11.6 Å². The first-order valence-electron chi connectivity index (χ1n) is 4.98. The molecule has 0 fully saturated rings. The number of aliphatic carboxylic acids is 2. The van der Waals surface area contributed by atoms with Gasteiger partial charge in [0.2, 0.25) is 0 Å². The molecular formula is C10H14O8. The van der Waals surface area contributed by atoms with Crippen molar-refractivity contribution in [2.45, 2.75) is 6.42 Å². The Morgan fingerprint density at radius 2 is 1.72 bits per heavy atom. The van der Waals surface area contributed by atoms with Crippen LogP contribution in [0.25, 0.3) is 0 Å². The van der Waals surface area contributed by atoms with E-state index in [0.29, 0.717) is 6.08 Å². The van der Waals surface area contributed by atoms with E-state index in [4.69, 9.17) is 20.1 Å². The first-order chi connectivity index (χ1) is 8.47. The fourth-order valence-electron chi connectivity index (χ4n) is 0.925. The number of rotatable bonds is 9. The van der Waals surface area contributed by atoms with E-state index in [2.05, 4.69) is 4.74 Å². The van der Waals surface area contributed by atoms with Crippen LogP contribution < -0.4 is 0 Å². The molecule has 102 valence electrons. The zero-order chi connectivity index (χ0) is 14.0. The molecule has 8 nitrogen and oxygen atoms in total. The van der Waals surface area contributed by atoms with Crippen molar-refractivity contribution in [2.24, 2.45) is 0 Å². The number of hydrogen-bond acceptors (Lipinski definition) is 6. The third-order valence-corrected chi connectivity index (χ3v) is 1.63. The summed E-state index contributed by atoms with van der Waals surface area (Å²) in [6.07, 6.45) is -0.201. The fourth-order valence-corrected chi connectivity index (χ4v) is 0.925. The van der Waals surface area contributed by atoms with Gasteiger partial charge in [-0.3, -0.25) is 4.79 Å². The molecule has 0 aromatic carbocycles. The van der Waals surface area contributed by atoms with Gasteiger partial charge in [-0.05, 0) is 0 Å². The Morgan fingerprint density at radius 1 is 1.06 bits per heavy atom. The highest BCUT2D eigenvalue weighted by Gasteiger charge is 2.15. The lowest BCUT2D eigenvalue weighted by molar-refractivity contribution is -0.146. The number of esters is 1. The summed E-state index contributed by atoms with van der Waals surface area (Å²) < 4.78 is 9.41. The monoisotopic (exact) mass is 262 g/mol. The van der Waals surface area contributed by atoms with Crippen LogP contribution in [0, 0.1) is 0 Å². The van der Waals surface area contributed by atoms with Gasteiger partial charge in [-0.25, -0.2) is 9.59 Å². The van der Waals surface area contributed by atoms with Gasteiger partial charge in [0.15, 0.2) is 0 Å². The van der Waals surface area contributed by atoms with Crippen molar-refractivity contribution in [3.05, 3.63) is 11.6 Å². The van der Waals surface area contributed by atoms with Crippen LogP contribution in [-0.4, -0.2) is 59.7 Å². The van der Waals surface area contributed by atoms with E-state index < -0.39 is 29.9 Å². The SMILES string of the molecule is O=C(O)/C=C(/CC(=O)OCCOCCO)C(=O)O. The van der Waals surface area contributed by atoms with Crippen LogP contribution in [0.5, 0.6) is 0 Å². The molecule has 0 aliphatic heterocycles. The van der Waals surface area contributed by atoms with Gasteiger partial charge in [-0.15, -0.1) is 0 Å². The molecule has 0 heterocycles. The number of aliphatic hydroxyl groups excluding tert-OH is 1. The first-order valence-corrected chi connectivity index (χ1v) is 4.98. The lowest BCUT2D eigenvalue weighted by atomic mass is 10.2. The van der Waals surface area contributed by atoms with Gasteiger partial charge in [0.1, 0.15) is 6.61 Å². The average molecular weight is 262 g/mol. The molecule has 18 heavy (non-hydrogen) atoms. The molecule has 0 saturated carbocycles. The number of carboxylic acids is 2. The lowest BCUT2D eigenvalue weighted by Gasteiger charge is -2.05. The summed E-state index contributed by atoms with van der Waals surface area (Å²) in [5.74, 6) is -3.81. The number of ether oxygens (including phenoxy) is 2. The van der Waals surface area contributed by atoms with Crippen LogP contribution in [0.2, 0.25) is 0 Å². The molecule has 3 N–H and O–H groups in total. The Hall–Kier alpha value is -1.93. The van der Waals surface area contributed by atoms with Crippen LogP contribution in [-0.2, 0) is 23.9 Å². The maximum Gasteiger partial charge on any atom is 0.332 e. The van der Waals surface area contributed by atoms with Crippen molar-refractivity contribution in [3.8, 4) is 0 Å². The predicted octanol–water partition coefficient (Wildman–Crippen LogP) is -0.976. The van der Waals surface area contributed by atoms with Crippen LogP contribution >= 0.6 is 0 Å². The Balaban J connectivity index is 4.04. The maximum absolute atomic E-state index is 11.1. The van der Waals surface area contributed by atoms with Crippen LogP contribution in [0.3, 0.4) is 0 Å². The van der Waals surface area contributed by atoms with E-state index in [1.165, 1.54) is 0 Å². The zero-order valence-electron chi connectivity index (χ0n) is 9.50. The van der Waals surface area contributed by atoms with Crippen molar-refractivity contribution in [2.75, 3.05) is 26.4 Å². The second kappa shape index (κ2) is 9.14. The molecule has 0 amide bonds. The summed E-state index contributed by atoms with van der Waals surface area (Å²) in [5, 5.41) is 25.4. The highest BCUT2D eigenvalue weighted by molar-refractivity contribution is 5.98. The Morgan fingerprint density at radius 3 is 2.22 bits per heavy atom. The number of carboxylic acid groups (broad SMARTS) is 2. The van der Waals surface area contributed by atoms with Gasteiger partial charge in [0, 0.05) is 6.08 Å². The van der Waals surface area contributed by atoms with Crippen molar-refractivity contribution in [1.29, 1.82) is 0 Å². The molecular weight excluding hydrogens is 248 g/mol. The summed E-state index contributed by atoms with van der Waals surface area (Å²) in [4.78, 5) is 32.0. The molecule has 0 aliphatic rings. The van der Waals surface area contributed by atoms with E-state index in [0.717, 1.165) is 0 Å². The highest BCUT2D eigenvalue weighted by Crippen LogP contribution is 2.03. The van der Waals surface area contributed by atoms with Crippen molar-refractivity contribution in [1.82, 2.24) is 0 Å². The van der Waals surface area contributed by atoms with E-state index in [-0.39, 0.29) is 26.4 Å². The standard InChI is InChI=1S/C10H14O8/c11-1-2-17-3-4-18-9(14)6-7(10(15)16)5-8(12)13/h5,11H,1-4,6H2,(H,12,13)(H,15,16)/b7-5-. The van der Waals surface area contributed by atoms with Gasteiger partial charge in [-0.1, -0.05) is 0 Å². The highest BCUT2D eigenvalue weighted by atomic mass is 16.6. The minimum Gasteiger partial charge on any atom is -0.478 e. The van der Waals surface area contributed by atoms with E-state index >= 15 is 0 Å². The van der Waals surface area contributed by atoms with Gasteiger partial charge < -0.3 is 24.8 Å². The van der Waals surface area contributed by atoms with Gasteiger partial charge in [0.25, 0.3) is 0 Å². The minimum absolute atomic E-state index is 0.0668. The van der Waals surface area contributed by atoms with Crippen molar-refractivity contribution >= 4 is 17.9 Å². The zero-order valence-corrected chi connectivity index (χ0v) is 9.50. The molecule has 0 aromatic rings. The molecule has 0 unspecified atom stereocenters. The van der Waals surface area contributed by atoms with E-state index in [1.807, 2.05) is 0 Å². The van der Waals surface area contributed by atoms with Gasteiger partial charge in [0.05, 0.1) is 31.8 Å². The Kier molecular flexibility index (Phi) is 8.16. The summed E-state index contributed by atoms with van der Waals surface area (Å²) >= 11 is 0. The molecule has 0 bridgehead atoms. The van der Waals surface area contributed by atoms with Crippen molar-refractivity contribution < 1.29 is 39.2 Å². The van der Waals surface area contributed by atoms with Crippen molar-refractivity contribution in [3.63, 3.8) is 0 Å². The Labute approximate surface area is 102 Å². The second-order valence-electron chi connectivity index (χ2n) is 3.05. The number of hydrogen-bond donors (Lipinski definition) is 3. The summed E-state index contributed by atoms with van der Waals surface area (Å²) in [6.45, 7) is -0.0779.